The van der Waals surface area contributed by atoms with E-state index >= 15 is 0 Å². The molecule has 2 unspecified atom stereocenters. The van der Waals surface area contributed by atoms with Crippen LogP contribution in [0.3, 0.4) is 0 Å². The molecule has 148 valence electrons. The molecule has 1 aliphatic heterocycles. The van der Waals surface area contributed by atoms with Crippen LogP contribution in [-0.2, 0) is 4.79 Å². The summed E-state index contributed by atoms with van der Waals surface area (Å²) in [7, 11) is 0. The molecule has 0 bridgehead atoms. The summed E-state index contributed by atoms with van der Waals surface area (Å²) in [5, 5.41) is 12.3. The topological polar surface area (TPSA) is 73.1 Å². The number of halogens is 3. The molecule has 4 rings (SSSR count). The summed E-state index contributed by atoms with van der Waals surface area (Å²) in [4.78, 5) is 15.5. The molecule has 2 aromatic rings. The van der Waals surface area contributed by atoms with E-state index in [2.05, 4.69) is 38.4 Å². The third-order valence-corrected chi connectivity index (χ3v) is 6.42. The Hall–Kier alpha value is -2.25. The van der Waals surface area contributed by atoms with E-state index in [0.717, 1.165) is 32.2 Å². The van der Waals surface area contributed by atoms with Gasteiger partial charge < -0.3 is 4.74 Å². The fourth-order valence-corrected chi connectivity index (χ4v) is 4.32. The molecule has 1 aliphatic carbocycles. The van der Waals surface area contributed by atoms with Gasteiger partial charge in [-0.2, -0.15) is 0 Å². The number of alkyl halides is 3. The van der Waals surface area contributed by atoms with Crippen LogP contribution in [0, 0.1) is 0 Å². The first-order valence-corrected chi connectivity index (χ1v) is 11.1. The summed E-state index contributed by atoms with van der Waals surface area (Å²) < 4.78 is 42.0. The number of amides is 1. The van der Waals surface area contributed by atoms with Crippen molar-refractivity contribution in [3.63, 3.8) is 0 Å². The van der Waals surface area contributed by atoms with Crippen LogP contribution in [0.25, 0.3) is 5.69 Å². The first-order chi connectivity index (χ1) is 13.8. The zero-order chi connectivity index (χ0) is 20.6. The third kappa shape index (κ3) is 4.67. The fraction of sp³-hybridized carbons (Fsp3) is 0.333. The summed E-state index contributed by atoms with van der Waals surface area (Å²) in [6.07, 6.45) is 2.73. The predicted octanol–water partition coefficient (Wildman–Crippen LogP) is 2.26. The van der Waals surface area contributed by atoms with Crippen LogP contribution < -0.4 is 4.74 Å². The van der Waals surface area contributed by atoms with Crippen molar-refractivity contribution in [1.29, 1.82) is 0 Å². The molecule has 0 spiro atoms. The van der Waals surface area contributed by atoms with E-state index in [1.807, 2.05) is 4.90 Å². The van der Waals surface area contributed by atoms with E-state index in [1.165, 1.54) is 32.2 Å². The van der Waals surface area contributed by atoms with Gasteiger partial charge in [-0.25, -0.2) is 0 Å². The Morgan fingerprint density at radius 1 is 1.21 bits per heavy atom. The third-order valence-electron chi connectivity index (χ3n) is 4.76. The van der Waals surface area contributed by atoms with Crippen molar-refractivity contribution in [2.45, 2.75) is 31.2 Å². The van der Waals surface area contributed by atoms with Crippen LogP contribution in [0.1, 0.15) is 24.6 Å². The Bertz CT molecular complexity index is 971. The van der Waals surface area contributed by atoms with Crippen LogP contribution >= 0.6 is 0 Å². The average molecular weight is 595 g/mol. The van der Waals surface area contributed by atoms with Gasteiger partial charge in [-0.1, -0.05) is 0 Å². The number of hydrogen-bond acceptors (Lipinski definition) is 5. The fourth-order valence-electron chi connectivity index (χ4n) is 3.36. The zero-order valence-corrected chi connectivity index (χ0v) is 19.6. The minimum absolute atomic E-state index is 0.0577. The molecule has 11 heteroatoms. The first kappa shape index (κ1) is 20.0. The van der Waals surface area contributed by atoms with Gasteiger partial charge in [-0.15, -0.1) is 13.2 Å². The summed E-state index contributed by atoms with van der Waals surface area (Å²) >= 11 is 0.785. The number of likely N-dealkylation sites (tertiary alicyclic amines) is 1. The van der Waals surface area contributed by atoms with E-state index in [-0.39, 0.29) is 23.6 Å². The van der Waals surface area contributed by atoms with Crippen LogP contribution in [0.5, 0.6) is 5.75 Å². The number of carbonyl (C=O) groups is 1. The van der Waals surface area contributed by atoms with Gasteiger partial charge in [0.2, 0.25) is 0 Å². The SMILES string of the molecule is O=C1CC(c2nnn(-c3ccc(OC(F)(F)F)cc3)n2)CN1C1C=C[C]([Tl])=CC1. The second-order valence-electron chi connectivity index (χ2n) is 6.79. The van der Waals surface area contributed by atoms with E-state index in [9.17, 15) is 18.0 Å². The molecule has 0 radical (unpaired) electrons. The molecule has 1 fully saturated rings. The first-order valence-electron chi connectivity index (χ1n) is 8.88. The molecule has 2 heterocycles. The number of ether oxygens (including phenoxy) is 1. The summed E-state index contributed by atoms with van der Waals surface area (Å²) in [5.41, 5.74) is 0.445. The van der Waals surface area contributed by atoms with Crippen molar-refractivity contribution in [2.24, 2.45) is 0 Å². The van der Waals surface area contributed by atoms with Gasteiger partial charge in [-0.3, -0.25) is 0 Å². The molecule has 0 saturated carbocycles. The normalized spacial score (nSPS) is 22.1. The summed E-state index contributed by atoms with van der Waals surface area (Å²) in [6, 6.07) is 5.24. The number of allylic oxidation sites excluding steroid dienone is 2. The number of hydrogen-bond donors (Lipinski definition) is 0. The molecule has 1 saturated heterocycles. The standard InChI is InChI=1S/C18H15F3N5O2.Tl/c19-18(20,21)28-15-8-6-14(7-9-15)26-23-17(22-24-26)12-10-16(27)25(11-12)13-4-2-1-3-5-13;/h2-4,6-9,12-13H,5,10-11H2;. The van der Waals surface area contributed by atoms with Crippen molar-refractivity contribution < 1.29 is 22.7 Å². The number of nitrogens with zero attached hydrogens (tertiary/aromatic N) is 5. The van der Waals surface area contributed by atoms with Crippen LogP contribution in [-0.4, -0.2) is 75.7 Å². The molecule has 1 aromatic heterocycles. The summed E-state index contributed by atoms with van der Waals surface area (Å²) in [6.45, 7) is 0.518. The molecule has 1 amide bonds. The molecule has 2 atom stereocenters. The molecule has 0 N–H and O–H groups in total. The Morgan fingerprint density at radius 2 is 1.97 bits per heavy atom. The van der Waals surface area contributed by atoms with Gasteiger partial charge in [0.05, 0.1) is 0 Å². The Morgan fingerprint density at radius 3 is 2.62 bits per heavy atom. The van der Waals surface area contributed by atoms with Crippen LogP contribution in [0.15, 0.2) is 45.6 Å². The van der Waals surface area contributed by atoms with E-state index in [0.29, 0.717) is 24.5 Å². The molecular weight excluding hydrogens is 580 g/mol. The van der Waals surface area contributed by atoms with Gasteiger partial charge in [0, 0.05) is 0 Å². The number of benzene rings is 1. The maximum absolute atomic E-state index is 12.5. The Labute approximate surface area is 179 Å². The molecule has 2 aliphatic rings. The van der Waals surface area contributed by atoms with Gasteiger partial charge in [0.1, 0.15) is 5.75 Å². The number of aromatic nitrogens is 4. The number of tetrazole rings is 1. The zero-order valence-electron chi connectivity index (χ0n) is 15.1. The Balaban J connectivity index is 1.44. The number of carbonyl (C=O) groups excluding carboxylic acids is 1. The van der Waals surface area contributed by atoms with E-state index in [1.54, 1.807) is 0 Å². The van der Waals surface area contributed by atoms with Crippen molar-refractivity contribution in [1.82, 2.24) is 25.1 Å². The van der Waals surface area contributed by atoms with Gasteiger partial charge in [0.25, 0.3) is 0 Å². The van der Waals surface area contributed by atoms with Crippen LogP contribution in [0.2, 0.25) is 0 Å². The van der Waals surface area contributed by atoms with Crippen LogP contribution in [0.4, 0.5) is 13.2 Å². The van der Waals surface area contributed by atoms with E-state index in [4.69, 9.17) is 0 Å². The number of rotatable bonds is 4. The van der Waals surface area contributed by atoms with Crippen molar-refractivity contribution in [3.8, 4) is 11.4 Å². The van der Waals surface area contributed by atoms with Crippen molar-refractivity contribution in [2.75, 3.05) is 6.54 Å². The minimum atomic E-state index is -4.74. The Kier molecular flexibility index (Phi) is 5.44. The molecular formula is C18H15F3N5O2Tl. The van der Waals surface area contributed by atoms with Gasteiger partial charge in [0.15, 0.2) is 0 Å². The molecule has 29 heavy (non-hydrogen) atoms. The average Bonchev–Trinajstić information content (AvgIpc) is 3.29. The second-order valence-corrected chi connectivity index (χ2v) is 9.38. The maximum atomic E-state index is 12.5. The van der Waals surface area contributed by atoms with Gasteiger partial charge >= 0.3 is 144 Å². The quantitative estimate of drug-likeness (QED) is 0.508. The van der Waals surface area contributed by atoms with E-state index < -0.39 is 6.36 Å². The monoisotopic (exact) mass is 595 g/mol. The summed E-state index contributed by atoms with van der Waals surface area (Å²) in [5.74, 6) is 0.00606. The molecule has 7 nitrogen and oxygen atoms in total. The van der Waals surface area contributed by atoms with Crippen molar-refractivity contribution in [3.05, 3.63) is 51.5 Å². The predicted molar refractivity (Wildman–Crippen MR) is 96.3 cm³/mol. The van der Waals surface area contributed by atoms with Crippen molar-refractivity contribution >= 4 is 31.7 Å². The van der Waals surface area contributed by atoms with Gasteiger partial charge in [-0.05, 0) is 12.1 Å². The second kappa shape index (κ2) is 7.88. The molecule has 1 aromatic carbocycles.